The van der Waals surface area contributed by atoms with Crippen LogP contribution in [0.4, 0.5) is 28.4 Å². The van der Waals surface area contributed by atoms with E-state index in [4.69, 9.17) is 15.3 Å². The van der Waals surface area contributed by atoms with E-state index in [9.17, 15) is 0 Å². The van der Waals surface area contributed by atoms with Crippen molar-refractivity contribution in [3.8, 4) is 22.6 Å². The molecule has 64 heavy (non-hydrogen) atoms. The summed E-state index contributed by atoms with van der Waals surface area (Å²) >= 11 is 0. The van der Waals surface area contributed by atoms with E-state index in [1.165, 1.54) is 5.56 Å². The van der Waals surface area contributed by atoms with Crippen molar-refractivity contribution in [2.24, 2.45) is 0 Å². The van der Waals surface area contributed by atoms with E-state index in [0.717, 1.165) is 90.6 Å². The molecule has 0 fully saturated rings. The topological polar surface area (TPSA) is 67.9 Å². The Balaban J connectivity index is 0.870. The molecule has 8 aromatic carbocycles. The lowest BCUT2D eigenvalue weighted by Gasteiger charge is -2.26. The maximum Gasteiger partial charge on any atom is 0.121 e. The van der Waals surface area contributed by atoms with Crippen LogP contribution in [0, 0.1) is 0 Å². The Labute approximate surface area is 372 Å². The average molecular weight is 829 g/mol. The van der Waals surface area contributed by atoms with Crippen molar-refractivity contribution in [1.29, 1.82) is 0 Å². The molecule has 0 amide bonds. The lowest BCUT2D eigenvalue weighted by molar-refractivity contribution is 0.754. The summed E-state index contributed by atoms with van der Waals surface area (Å²) in [6.45, 7) is 6.04. The molecule has 10 aromatic rings. The highest BCUT2D eigenvalue weighted by molar-refractivity contribution is 6.03. The third-order valence-corrected chi connectivity index (χ3v) is 11.3. The van der Waals surface area contributed by atoms with Crippen LogP contribution in [-0.4, -0.2) is 30.0 Å². The van der Waals surface area contributed by atoms with Crippen LogP contribution in [0.15, 0.2) is 231 Å². The largest absolute Gasteiger partial charge is 0.311 e. The molecular formula is C56H44N8. The number of anilines is 5. The molecule has 8 nitrogen and oxygen atoms in total. The third kappa shape index (κ3) is 7.99. The maximum atomic E-state index is 4.89. The molecule has 0 aliphatic carbocycles. The zero-order valence-corrected chi connectivity index (χ0v) is 35.4. The minimum absolute atomic E-state index is 0.766. The first-order chi connectivity index (χ1) is 31.6. The SMILES string of the molecule is C=Cc1ccccc1-c1cnn(-c2ccc(N(C(/C=C\Cc3ccc(N(c4ccccc4)c4ccc(-n5nc6ccc7ccccc7c6n5)cc4)cc3)=C/C)c3ccccc3)cc2)n1. The minimum Gasteiger partial charge on any atom is -0.311 e. The fourth-order valence-corrected chi connectivity index (χ4v) is 8.10. The number of hydrogen-bond acceptors (Lipinski definition) is 6. The van der Waals surface area contributed by atoms with E-state index < -0.39 is 0 Å². The Morgan fingerprint density at radius 3 is 1.88 bits per heavy atom. The number of fused-ring (bicyclic) bond motifs is 3. The number of benzene rings is 8. The molecule has 0 saturated carbocycles. The second kappa shape index (κ2) is 17.8. The second-order valence-corrected chi connectivity index (χ2v) is 15.3. The smallest absolute Gasteiger partial charge is 0.121 e. The second-order valence-electron chi connectivity index (χ2n) is 15.3. The zero-order valence-electron chi connectivity index (χ0n) is 35.4. The van der Waals surface area contributed by atoms with Gasteiger partial charge in [0.25, 0.3) is 0 Å². The molecule has 0 bridgehead atoms. The van der Waals surface area contributed by atoms with Gasteiger partial charge in [0.1, 0.15) is 16.7 Å². The summed E-state index contributed by atoms with van der Waals surface area (Å²) in [6.07, 6.45) is 11.0. The Morgan fingerprint density at radius 2 is 1.16 bits per heavy atom. The molecule has 0 aliphatic heterocycles. The molecule has 0 saturated heterocycles. The van der Waals surface area contributed by atoms with Gasteiger partial charge in [-0.2, -0.15) is 14.7 Å². The molecule has 0 N–H and O–H groups in total. The molecule has 2 heterocycles. The molecular weight excluding hydrogens is 785 g/mol. The van der Waals surface area contributed by atoms with Crippen LogP contribution in [0.25, 0.3) is 50.5 Å². The van der Waals surface area contributed by atoms with Crippen LogP contribution in [-0.2, 0) is 6.42 Å². The summed E-state index contributed by atoms with van der Waals surface area (Å²) in [5.74, 6) is 0. The van der Waals surface area contributed by atoms with Crippen molar-refractivity contribution in [3.05, 3.63) is 242 Å². The van der Waals surface area contributed by atoms with Crippen molar-refractivity contribution in [2.75, 3.05) is 9.80 Å². The molecule has 0 spiro atoms. The Kier molecular flexibility index (Phi) is 11.0. The quantitative estimate of drug-likeness (QED) is 0.108. The van der Waals surface area contributed by atoms with Gasteiger partial charge < -0.3 is 9.80 Å². The van der Waals surface area contributed by atoms with Gasteiger partial charge in [0.15, 0.2) is 0 Å². The summed E-state index contributed by atoms with van der Waals surface area (Å²) in [4.78, 5) is 7.94. The highest BCUT2D eigenvalue weighted by atomic mass is 15.5. The van der Waals surface area contributed by atoms with Gasteiger partial charge in [-0.3, -0.25) is 0 Å². The zero-order chi connectivity index (χ0) is 43.2. The van der Waals surface area contributed by atoms with Gasteiger partial charge in [0.2, 0.25) is 0 Å². The predicted octanol–water partition coefficient (Wildman–Crippen LogP) is 13.8. The number of para-hydroxylation sites is 2. The molecule has 0 unspecified atom stereocenters. The monoisotopic (exact) mass is 828 g/mol. The normalized spacial score (nSPS) is 11.7. The number of nitrogens with zero attached hydrogens (tertiary/aromatic N) is 8. The number of hydrogen-bond donors (Lipinski definition) is 0. The number of aromatic nitrogens is 6. The summed E-state index contributed by atoms with van der Waals surface area (Å²) in [5, 5.41) is 21.3. The van der Waals surface area contributed by atoms with Crippen LogP contribution in [0.1, 0.15) is 18.1 Å². The summed E-state index contributed by atoms with van der Waals surface area (Å²) in [7, 11) is 0. The summed E-state index contributed by atoms with van der Waals surface area (Å²) < 4.78 is 0. The van der Waals surface area contributed by atoms with Crippen LogP contribution < -0.4 is 9.80 Å². The predicted molar refractivity (Wildman–Crippen MR) is 263 cm³/mol. The molecule has 2 aromatic heterocycles. The van der Waals surface area contributed by atoms with Crippen molar-refractivity contribution in [3.63, 3.8) is 0 Å². The van der Waals surface area contributed by atoms with E-state index in [2.05, 4.69) is 186 Å². The van der Waals surface area contributed by atoms with Crippen LogP contribution in [0.3, 0.4) is 0 Å². The molecule has 0 aliphatic rings. The van der Waals surface area contributed by atoms with E-state index >= 15 is 0 Å². The Morgan fingerprint density at radius 1 is 0.562 bits per heavy atom. The Hall–Kier alpha value is -8.62. The lowest BCUT2D eigenvalue weighted by atomic mass is 10.1. The fraction of sp³-hybridized carbons (Fsp3) is 0.0357. The highest BCUT2D eigenvalue weighted by Crippen LogP contribution is 2.36. The third-order valence-electron chi connectivity index (χ3n) is 11.3. The maximum absolute atomic E-state index is 4.89. The van der Waals surface area contributed by atoms with Crippen LogP contribution in [0.5, 0.6) is 0 Å². The molecule has 308 valence electrons. The molecule has 8 heteroatoms. The average Bonchev–Trinajstić information content (AvgIpc) is 4.04. The fourth-order valence-electron chi connectivity index (χ4n) is 8.10. The number of rotatable bonds is 13. The van der Waals surface area contributed by atoms with Crippen LogP contribution in [0.2, 0.25) is 0 Å². The van der Waals surface area contributed by atoms with Crippen molar-refractivity contribution in [1.82, 2.24) is 30.0 Å². The lowest BCUT2D eigenvalue weighted by Crippen LogP contribution is -2.15. The molecule has 10 rings (SSSR count). The standard InChI is InChI=1S/C56H44N8/c1-3-42-17-11-13-24-52(42)55-40-57-63(59-55)50-35-31-48(32-36-50)61(45-19-7-5-8-20-45)44(4-2)23-15-16-41-26-29-47(30-27-41)62(46-21-9-6-10-22-46)49-33-37-51(38-34-49)64-58-54-39-28-43-18-12-14-25-53(43)56(54)60-64/h3-15,17-40H,1,16H2,2H3/b23-15-,44-4+. The van der Waals surface area contributed by atoms with Crippen molar-refractivity contribution >= 4 is 56.3 Å². The van der Waals surface area contributed by atoms with Gasteiger partial charge in [0, 0.05) is 45.1 Å². The first-order valence-electron chi connectivity index (χ1n) is 21.4. The van der Waals surface area contributed by atoms with Gasteiger partial charge in [-0.15, -0.1) is 15.3 Å². The Bertz CT molecular complexity index is 3260. The van der Waals surface area contributed by atoms with E-state index in [1.54, 1.807) is 15.8 Å². The first-order valence-corrected chi connectivity index (χ1v) is 21.4. The van der Waals surface area contributed by atoms with E-state index in [-0.39, 0.29) is 0 Å². The van der Waals surface area contributed by atoms with Gasteiger partial charge >= 0.3 is 0 Å². The molecule has 0 atom stereocenters. The van der Waals surface area contributed by atoms with Gasteiger partial charge in [0.05, 0.1) is 17.6 Å². The van der Waals surface area contributed by atoms with Crippen molar-refractivity contribution < 1.29 is 0 Å². The van der Waals surface area contributed by atoms with Gasteiger partial charge in [-0.1, -0.05) is 128 Å². The van der Waals surface area contributed by atoms with Crippen molar-refractivity contribution in [2.45, 2.75) is 13.3 Å². The molecule has 0 radical (unpaired) electrons. The minimum atomic E-state index is 0.766. The van der Waals surface area contributed by atoms with E-state index in [0.29, 0.717) is 0 Å². The van der Waals surface area contributed by atoms with E-state index in [1.807, 2.05) is 60.7 Å². The van der Waals surface area contributed by atoms with Crippen LogP contribution >= 0.6 is 0 Å². The van der Waals surface area contributed by atoms with Gasteiger partial charge in [-0.25, -0.2) is 0 Å². The summed E-state index contributed by atoms with van der Waals surface area (Å²) in [5.41, 5.74) is 13.9. The first kappa shape index (κ1) is 39.5. The highest BCUT2D eigenvalue weighted by Gasteiger charge is 2.16. The number of allylic oxidation sites excluding steroid dienone is 3. The summed E-state index contributed by atoms with van der Waals surface area (Å²) in [6, 6.07) is 67.0. The van der Waals surface area contributed by atoms with Gasteiger partial charge in [-0.05, 0) is 127 Å².